The summed E-state index contributed by atoms with van der Waals surface area (Å²) < 4.78 is 5.70. The van der Waals surface area contributed by atoms with Crippen molar-refractivity contribution in [3.8, 4) is 0 Å². The minimum atomic E-state index is -0.650. The first kappa shape index (κ1) is 12.2. The average Bonchev–Trinajstić information content (AvgIpc) is 2.25. The number of rotatable bonds is 2. The molecule has 0 spiro atoms. The zero-order valence-corrected chi connectivity index (χ0v) is 10.8. The highest BCUT2D eigenvalue weighted by Gasteiger charge is 2.36. The Labute approximate surface area is 105 Å². The second-order valence-electron chi connectivity index (χ2n) is 4.10. The lowest BCUT2D eigenvalue weighted by Crippen LogP contribution is -2.33. The Kier molecular flexibility index (Phi) is 3.80. The molecule has 0 amide bonds. The Bertz CT molecular complexity index is 370. The Hall–Kier alpha value is -0.220. The number of benzene rings is 1. The monoisotopic (exact) mass is 258 g/mol. The van der Waals surface area contributed by atoms with Gasteiger partial charge in [0.15, 0.2) is 0 Å². The summed E-state index contributed by atoms with van der Waals surface area (Å²) in [7, 11) is 0. The number of hydrogen-bond acceptors (Lipinski definition) is 3. The maximum atomic E-state index is 10.1. The summed E-state index contributed by atoms with van der Waals surface area (Å²) in [6.45, 7) is 3.94. The average molecular weight is 259 g/mol. The van der Waals surface area contributed by atoms with Gasteiger partial charge in [-0.15, -0.1) is 11.6 Å². The Morgan fingerprint density at radius 3 is 2.75 bits per heavy atom. The number of alkyl halides is 1. The molecule has 0 bridgehead atoms. The number of thioether (sulfide) groups is 1. The highest BCUT2D eigenvalue weighted by Crippen LogP contribution is 2.43. The molecule has 1 heterocycles. The summed E-state index contributed by atoms with van der Waals surface area (Å²) in [6.07, 6.45) is -0.543. The Balaban J connectivity index is 2.25. The van der Waals surface area contributed by atoms with Gasteiger partial charge in [-0.25, -0.2) is 0 Å². The lowest BCUT2D eigenvalue weighted by molar-refractivity contribution is 0.0265. The van der Waals surface area contributed by atoms with Crippen molar-refractivity contribution in [2.45, 2.75) is 41.8 Å². The fourth-order valence-corrected chi connectivity index (χ4v) is 3.35. The highest BCUT2D eigenvalue weighted by molar-refractivity contribution is 8.00. The van der Waals surface area contributed by atoms with Gasteiger partial charge in [-0.1, -0.05) is 30.0 Å². The van der Waals surface area contributed by atoms with Crippen molar-refractivity contribution in [1.29, 1.82) is 0 Å². The van der Waals surface area contributed by atoms with E-state index >= 15 is 0 Å². The molecule has 1 aliphatic heterocycles. The summed E-state index contributed by atoms with van der Waals surface area (Å²) in [6, 6.07) is 7.77. The molecule has 88 valence electrons. The van der Waals surface area contributed by atoms with Crippen LogP contribution >= 0.6 is 23.4 Å². The number of fused-ring (bicyclic) bond motifs is 1. The zero-order chi connectivity index (χ0) is 11.7. The fourth-order valence-electron chi connectivity index (χ4n) is 1.71. The van der Waals surface area contributed by atoms with Crippen molar-refractivity contribution in [2.75, 3.05) is 0 Å². The first-order valence-corrected chi connectivity index (χ1v) is 6.64. The van der Waals surface area contributed by atoms with Crippen LogP contribution in [0.4, 0.5) is 0 Å². The fraction of sp³-hybridized carbons (Fsp3) is 0.500. The third-order valence-corrected chi connectivity index (χ3v) is 4.33. The topological polar surface area (TPSA) is 29.5 Å². The van der Waals surface area contributed by atoms with Crippen molar-refractivity contribution in [2.24, 2.45) is 0 Å². The normalized spacial score (nSPS) is 29.2. The lowest BCUT2D eigenvalue weighted by Gasteiger charge is -2.33. The van der Waals surface area contributed by atoms with Gasteiger partial charge >= 0.3 is 0 Å². The van der Waals surface area contributed by atoms with Gasteiger partial charge in [0.05, 0.1) is 17.6 Å². The summed E-state index contributed by atoms with van der Waals surface area (Å²) in [5.41, 5.74) is 0.711. The van der Waals surface area contributed by atoms with E-state index in [-0.39, 0.29) is 11.5 Å². The predicted octanol–water partition coefficient (Wildman–Crippen LogP) is 3.18. The second kappa shape index (κ2) is 4.96. The van der Waals surface area contributed by atoms with Crippen LogP contribution in [0.5, 0.6) is 0 Å². The Morgan fingerprint density at radius 2 is 2.06 bits per heavy atom. The number of aliphatic hydroxyl groups is 1. The SMILES string of the molecule is CC(C)OC1Sc2ccccc2C(O)C1Cl. The molecule has 3 atom stereocenters. The number of halogens is 1. The van der Waals surface area contributed by atoms with Gasteiger partial charge in [-0.3, -0.25) is 0 Å². The third-order valence-electron chi connectivity index (χ3n) is 2.45. The van der Waals surface area contributed by atoms with Crippen LogP contribution in [0.15, 0.2) is 29.2 Å². The van der Waals surface area contributed by atoms with Gasteiger partial charge in [-0.05, 0) is 25.5 Å². The molecule has 16 heavy (non-hydrogen) atoms. The molecule has 1 aliphatic rings. The second-order valence-corrected chi connectivity index (χ2v) is 5.74. The molecule has 1 aromatic carbocycles. The predicted molar refractivity (Wildman–Crippen MR) is 66.9 cm³/mol. The molecule has 0 aliphatic carbocycles. The number of aliphatic hydroxyl groups excluding tert-OH is 1. The molecule has 1 aromatic rings. The minimum absolute atomic E-state index is 0.108. The summed E-state index contributed by atoms with van der Waals surface area (Å²) in [5, 5.41) is 9.69. The van der Waals surface area contributed by atoms with E-state index in [1.54, 1.807) is 11.8 Å². The van der Waals surface area contributed by atoms with Crippen LogP contribution in [0.1, 0.15) is 25.5 Å². The van der Waals surface area contributed by atoms with Gasteiger partial charge in [0.2, 0.25) is 0 Å². The highest BCUT2D eigenvalue weighted by atomic mass is 35.5. The van der Waals surface area contributed by atoms with Gasteiger partial charge in [0.25, 0.3) is 0 Å². The van der Waals surface area contributed by atoms with Crippen molar-refractivity contribution >= 4 is 23.4 Å². The van der Waals surface area contributed by atoms with Crippen molar-refractivity contribution in [3.05, 3.63) is 29.8 Å². The van der Waals surface area contributed by atoms with Crippen LogP contribution in [-0.4, -0.2) is 22.0 Å². The molecule has 0 saturated heterocycles. The van der Waals surface area contributed by atoms with Gasteiger partial charge < -0.3 is 9.84 Å². The molecule has 0 fully saturated rings. The minimum Gasteiger partial charge on any atom is -0.387 e. The maximum Gasteiger partial charge on any atom is 0.127 e. The zero-order valence-electron chi connectivity index (χ0n) is 9.26. The van der Waals surface area contributed by atoms with Gasteiger partial charge in [0, 0.05) is 4.90 Å². The third kappa shape index (κ3) is 2.38. The number of hydrogen-bond donors (Lipinski definition) is 1. The van der Waals surface area contributed by atoms with Crippen LogP contribution in [0.2, 0.25) is 0 Å². The van der Waals surface area contributed by atoms with E-state index in [9.17, 15) is 5.11 Å². The van der Waals surface area contributed by atoms with Gasteiger partial charge in [0.1, 0.15) is 5.44 Å². The molecule has 3 unspecified atom stereocenters. The van der Waals surface area contributed by atoms with Crippen LogP contribution in [0.25, 0.3) is 0 Å². The maximum absolute atomic E-state index is 10.1. The summed E-state index contributed by atoms with van der Waals surface area (Å²) in [4.78, 5) is 1.05. The quantitative estimate of drug-likeness (QED) is 0.827. The van der Waals surface area contributed by atoms with Crippen LogP contribution < -0.4 is 0 Å². The molecule has 0 radical (unpaired) electrons. The molecule has 4 heteroatoms. The Morgan fingerprint density at radius 1 is 1.38 bits per heavy atom. The van der Waals surface area contributed by atoms with E-state index < -0.39 is 11.5 Å². The van der Waals surface area contributed by atoms with E-state index in [1.165, 1.54) is 0 Å². The standard InChI is InChI=1S/C12H15ClO2S/c1-7(2)15-12-10(13)11(14)8-5-3-4-6-9(8)16-12/h3-7,10-12,14H,1-2H3. The van der Waals surface area contributed by atoms with Crippen LogP contribution in [-0.2, 0) is 4.74 Å². The first-order valence-electron chi connectivity index (χ1n) is 5.33. The van der Waals surface area contributed by atoms with E-state index in [0.717, 1.165) is 10.5 Å². The molecule has 1 N–H and O–H groups in total. The molecule has 0 saturated carbocycles. The van der Waals surface area contributed by atoms with Gasteiger partial charge in [-0.2, -0.15) is 0 Å². The number of ether oxygens (including phenoxy) is 1. The molecular weight excluding hydrogens is 244 g/mol. The van der Waals surface area contributed by atoms with Crippen molar-refractivity contribution in [3.63, 3.8) is 0 Å². The van der Waals surface area contributed by atoms with E-state index in [4.69, 9.17) is 16.3 Å². The molecule has 2 rings (SSSR count). The van der Waals surface area contributed by atoms with E-state index in [2.05, 4.69) is 0 Å². The van der Waals surface area contributed by atoms with E-state index in [0.29, 0.717) is 0 Å². The largest absolute Gasteiger partial charge is 0.387 e. The van der Waals surface area contributed by atoms with Crippen molar-refractivity contribution in [1.82, 2.24) is 0 Å². The smallest absolute Gasteiger partial charge is 0.127 e. The molecule has 0 aromatic heterocycles. The van der Waals surface area contributed by atoms with Crippen LogP contribution in [0.3, 0.4) is 0 Å². The molecular formula is C12H15ClO2S. The summed E-state index contributed by atoms with van der Waals surface area (Å²) in [5.74, 6) is 0. The van der Waals surface area contributed by atoms with E-state index in [1.807, 2.05) is 38.1 Å². The molecule has 2 nitrogen and oxygen atoms in total. The lowest BCUT2D eigenvalue weighted by atomic mass is 10.1. The van der Waals surface area contributed by atoms with Crippen LogP contribution in [0, 0.1) is 0 Å². The first-order chi connectivity index (χ1) is 7.59. The van der Waals surface area contributed by atoms with Crippen molar-refractivity contribution < 1.29 is 9.84 Å². The summed E-state index contributed by atoms with van der Waals surface area (Å²) >= 11 is 7.79.